The number of hydrogen-bond donors (Lipinski definition) is 1. The van der Waals surface area contributed by atoms with E-state index in [0.717, 1.165) is 12.0 Å². The van der Waals surface area contributed by atoms with Crippen LogP contribution < -0.4 is 0 Å². The van der Waals surface area contributed by atoms with E-state index in [1.54, 1.807) is 4.90 Å². The minimum Gasteiger partial charge on any atom is -0.481 e. The van der Waals surface area contributed by atoms with Gasteiger partial charge in [-0.25, -0.2) is 0 Å². The van der Waals surface area contributed by atoms with Crippen LogP contribution in [0.15, 0.2) is 24.3 Å². The van der Waals surface area contributed by atoms with Crippen molar-refractivity contribution in [2.45, 2.75) is 39.0 Å². The Morgan fingerprint density at radius 2 is 1.90 bits per heavy atom. The number of nitrogens with zero attached hydrogens (tertiary/aromatic N) is 1. The van der Waals surface area contributed by atoms with Crippen molar-refractivity contribution in [1.82, 2.24) is 4.90 Å². The Bertz CT molecular complexity index is 495. The Morgan fingerprint density at radius 3 is 2.48 bits per heavy atom. The fourth-order valence-electron chi connectivity index (χ4n) is 2.68. The lowest BCUT2D eigenvalue weighted by atomic mass is 10.0. The Balaban J connectivity index is 1.87. The molecule has 2 rings (SSSR count). The first-order chi connectivity index (χ1) is 10.1. The highest BCUT2D eigenvalue weighted by atomic mass is 16.4. The van der Waals surface area contributed by atoms with E-state index in [9.17, 15) is 9.59 Å². The summed E-state index contributed by atoms with van der Waals surface area (Å²) in [5, 5.41) is 8.97. The number of carboxylic acids is 1. The molecule has 4 heteroatoms. The fourth-order valence-corrected chi connectivity index (χ4v) is 2.68. The monoisotopic (exact) mass is 289 g/mol. The maximum absolute atomic E-state index is 12.2. The van der Waals surface area contributed by atoms with E-state index in [1.807, 2.05) is 12.1 Å². The zero-order chi connectivity index (χ0) is 15.2. The number of likely N-dealkylation sites (tertiary alicyclic amines) is 1. The molecular formula is C17H23NO3. The molecule has 0 saturated carbocycles. The third-order valence-electron chi connectivity index (χ3n) is 4.09. The van der Waals surface area contributed by atoms with Crippen molar-refractivity contribution in [2.75, 3.05) is 13.1 Å². The summed E-state index contributed by atoms with van der Waals surface area (Å²) in [5.74, 6) is -1.17. The molecule has 1 N–H and O–H groups in total. The van der Waals surface area contributed by atoms with Crippen LogP contribution in [0.25, 0.3) is 0 Å². The van der Waals surface area contributed by atoms with Crippen LogP contribution in [0, 0.1) is 5.92 Å². The van der Waals surface area contributed by atoms with Gasteiger partial charge in [-0.1, -0.05) is 37.6 Å². The number of aliphatic carboxylic acids is 1. The van der Waals surface area contributed by atoms with Gasteiger partial charge in [-0.15, -0.1) is 0 Å². The first-order valence-corrected chi connectivity index (χ1v) is 7.68. The largest absolute Gasteiger partial charge is 0.481 e. The van der Waals surface area contributed by atoms with E-state index in [4.69, 9.17) is 5.11 Å². The maximum atomic E-state index is 12.2. The summed E-state index contributed by atoms with van der Waals surface area (Å²) in [6.45, 7) is 3.08. The highest BCUT2D eigenvalue weighted by Gasteiger charge is 2.30. The molecule has 1 saturated heterocycles. The number of carbonyl (C=O) groups excluding carboxylic acids is 1. The molecule has 0 aliphatic carbocycles. The SMILES string of the molecule is CCCCc1ccc(CC(=O)N2CCC(C(=O)O)C2)cc1. The number of hydrogen-bond acceptors (Lipinski definition) is 2. The second kappa shape index (κ2) is 7.25. The van der Waals surface area contributed by atoms with Gasteiger partial charge in [-0.3, -0.25) is 9.59 Å². The molecule has 114 valence electrons. The van der Waals surface area contributed by atoms with Gasteiger partial charge in [0, 0.05) is 13.1 Å². The van der Waals surface area contributed by atoms with Gasteiger partial charge >= 0.3 is 5.97 Å². The van der Waals surface area contributed by atoms with Crippen LogP contribution in [0.2, 0.25) is 0 Å². The molecule has 1 unspecified atom stereocenters. The van der Waals surface area contributed by atoms with E-state index in [-0.39, 0.29) is 5.91 Å². The zero-order valence-electron chi connectivity index (χ0n) is 12.5. The summed E-state index contributed by atoms with van der Waals surface area (Å²) in [6, 6.07) is 8.19. The molecule has 0 aromatic heterocycles. The average Bonchev–Trinajstić information content (AvgIpc) is 2.97. The summed E-state index contributed by atoms with van der Waals surface area (Å²) in [4.78, 5) is 24.8. The van der Waals surface area contributed by atoms with Gasteiger partial charge in [0.2, 0.25) is 5.91 Å². The lowest BCUT2D eigenvalue weighted by Crippen LogP contribution is -2.31. The van der Waals surface area contributed by atoms with Crippen molar-refractivity contribution in [3.05, 3.63) is 35.4 Å². The summed E-state index contributed by atoms with van der Waals surface area (Å²) >= 11 is 0. The van der Waals surface area contributed by atoms with E-state index >= 15 is 0 Å². The lowest BCUT2D eigenvalue weighted by molar-refractivity contribution is -0.141. The van der Waals surface area contributed by atoms with Gasteiger partial charge in [0.1, 0.15) is 0 Å². The molecule has 1 fully saturated rings. The van der Waals surface area contributed by atoms with Gasteiger partial charge in [-0.05, 0) is 30.4 Å². The van der Waals surface area contributed by atoms with Crippen molar-refractivity contribution in [3.8, 4) is 0 Å². The summed E-state index contributed by atoms with van der Waals surface area (Å²) < 4.78 is 0. The summed E-state index contributed by atoms with van der Waals surface area (Å²) in [6.07, 6.45) is 4.37. The Kier molecular flexibility index (Phi) is 5.37. The minimum atomic E-state index is -0.800. The number of amides is 1. The van der Waals surface area contributed by atoms with Crippen molar-refractivity contribution in [1.29, 1.82) is 0 Å². The molecule has 1 aliphatic rings. The van der Waals surface area contributed by atoms with Gasteiger partial charge in [0.05, 0.1) is 12.3 Å². The minimum absolute atomic E-state index is 0.0278. The summed E-state index contributed by atoms with van der Waals surface area (Å²) in [7, 11) is 0. The molecule has 1 aromatic carbocycles. The maximum Gasteiger partial charge on any atom is 0.308 e. The number of rotatable bonds is 6. The molecule has 4 nitrogen and oxygen atoms in total. The van der Waals surface area contributed by atoms with Crippen molar-refractivity contribution >= 4 is 11.9 Å². The van der Waals surface area contributed by atoms with Gasteiger partial charge < -0.3 is 10.0 Å². The van der Waals surface area contributed by atoms with Crippen LogP contribution in [0.5, 0.6) is 0 Å². The van der Waals surface area contributed by atoms with Crippen LogP contribution >= 0.6 is 0 Å². The molecule has 21 heavy (non-hydrogen) atoms. The number of aryl methyl sites for hydroxylation is 1. The van der Waals surface area contributed by atoms with Crippen LogP contribution in [0.4, 0.5) is 0 Å². The molecule has 0 spiro atoms. The highest BCUT2D eigenvalue weighted by molar-refractivity contribution is 5.80. The fraction of sp³-hybridized carbons (Fsp3) is 0.529. The highest BCUT2D eigenvalue weighted by Crippen LogP contribution is 2.18. The molecule has 1 aliphatic heterocycles. The number of carboxylic acid groups (broad SMARTS) is 1. The van der Waals surface area contributed by atoms with E-state index in [2.05, 4.69) is 19.1 Å². The van der Waals surface area contributed by atoms with Crippen molar-refractivity contribution in [2.24, 2.45) is 5.92 Å². The normalized spacial score (nSPS) is 18.0. The lowest BCUT2D eigenvalue weighted by Gasteiger charge is -2.15. The molecule has 1 atom stereocenters. The smallest absolute Gasteiger partial charge is 0.308 e. The second-order valence-electron chi connectivity index (χ2n) is 5.76. The Morgan fingerprint density at radius 1 is 1.24 bits per heavy atom. The number of carbonyl (C=O) groups is 2. The first-order valence-electron chi connectivity index (χ1n) is 7.68. The topological polar surface area (TPSA) is 57.6 Å². The van der Waals surface area contributed by atoms with Gasteiger partial charge in [0.15, 0.2) is 0 Å². The van der Waals surface area contributed by atoms with Gasteiger partial charge in [-0.2, -0.15) is 0 Å². The van der Waals surface area contributed by atoms with E-state index in [0.29, 0.717) is 25.9 Å². The number of benzene rings is 1. The number of unbranched alkanes of at least 4 members (excludes halogenated alkanes) is 1. The van der Waals surface area contributed by atoms with Crippen molar-refractivity contribution < 1.29 is 14.7 Å². The molecule has 0 bridgehead atoms. The predicted octanol–water partition coefficient (Wildman–Crippen LogP) is 2.50. The molecule has 1 amide bonds. The van der Waals surface area contributed by atoms with Crippen LogP contribution in [-0.2, 0) is 22.4 Å². The third-order valence-corrected chi connectivity index (χ3v) is 4.09. The van der Waals surface area contributed by atoms with Crippen LogP contribution in [0.1, 0.15) is 37.3 Å². The third kappa shape index (κ3) is 4.31. The molecular weight excluding hydrogens is 266 g/mol. The zero-order valence-corrected chi connectivity index (χ0v) is 12.5. The molecule has 0 radical (unpaired) electrons. The molecule has 1 heterocycles. The Labute approximate surface area is 125 Å². The van der Waals surface area contributed by atoms with Gasteiger partial charge in [0.25, 0.3) is 0 Å². The standard InChI is InChI=1S/C17H23NO3/c1-2-3-4-13-5-7-14(8-6-13)11-16(19)18-10-9-15(12-18)17(20)21/h5-8,15H,2-4,9-12H2,1H3,(H,20,21). The predicted molar refractivity (Wildman–Crippen MR) is 81.1 cm³/mol. The van der Waals surface area contributed by atoms with Crippen molar-refractivity contribution in [3.63, 3.8) is 0 Å². The average molecular weight is 289 g/mol. The Hall–Kier alpha value is -1.84. The van der Waals surface area contributed by atoms with E-state index in [1.165, 1.54) is 18.4 Å². The van der Waals surface area contributed by atoms with Crippen LogP contribution in [0.3, 0.4) is 0 Å². The first kappa shape index (κ1) is 15.5. The van der Waals surface area contributed by atoms with E-state index < -0.39 is 11.9 Å². The molecule has 1 aromatic rings. The quantitative estimate of drug-likeness (QED) is 0.875. The van der Waals surface area contributed by atoms with Crippen LogP contribution in [-0.4, -0.2) is 35.0 Å². The summed E-state index contributed by atoms with van der Waals surface area (Å²) in [5.41, 5.74) is 2.30. The second-order valence-corrected chi connectivity index (χ2v) is 5.76.